The lowest BCUT2D eigenvalue weighted by Gasteiger charge is -2.26. The predicted octanol–water partition coefficient (Wildman–Crippen LogP) is 15.1. The first-order valence-corrected chi connectivity index (χ1v) is 19.9. The van der Waals surface area contributed by atoms with Gasteiger partial charge in [-0.15, -0.1) is 0 Å². The normalized spacial score (nSPS) is 11.5. The quantitative estimate of drug-likeness (QED) is 0.103. The van der Waals surface area contributed by atoms with Crippen LogP contribution in [-0.2, 0) is 0 Å². The maximum Gasteiger partial charge on any atom is 0.0998 e. The van der Waals surface area contributed by atoms with Gasteiger partial charge in [-0.1, -0.05) is 146 Å². The largest absolute Gasteiger partial charge is 0.310 e. The number of anilines is 6. The van der Waals surface area contributed by atoms with Crippen molar-refractivity contribution in [2.75, 3.05) is 9.80 Å². The third kappa shape index (κ3) is 7.91. The van der Waals surface area contributed by atoms with Crippen LogP contribution in [0.5, 0.6) is 0 Å². The summed E-state index contributed by atoms with van der Waals surface area (Å²) in [5.74, 6) is 0. The Morgan fingerprint density at radius 2 is 0.633 bits per heavy atom. The minimum atomic E-state index is 0.563. The maximum atomic E-state index is 10.3. The monoisotopic (exact) mass is 766 g/mol. The molecule has 0 aromatic heterocycles. The third-order valence-electron chi connectivity index (χ3n) is 10.7. The van der Waals surface area contributed by atoms with Crippen molar-refractivity contribution in [1.82, 2.24) is 0 Å². The van der Waals surface area contributed by atoms with Crippen molar-refractivity contribution in [3.8, 4) is 12.1 Å². The predicted molar refractivity (Wildman–Crippen MR) is 251 cm³/mol. The topological polar surface area (TPSA) is 54.1 Å². The van der Waals surface area contributed by atoms with Gasteiger partial charge in [-0.3, -0.25) is 0 Å². The first-order chi connectivity index (χ1) is 29.6. The summed E-state index contributed by atoms with van der Waals surface area (Å²) in [6.07, 6.45) is 3.80. The van der Waals surface area contributed by atoms with E-state index in [0.29, 0.717) is 11.1 Å². The number of benzene rings is 9. The molecule has 0 aliphatic heterocycles. The summed E-state index contributed by atoms with van der Waals surface area (Å²) < 4.78 is 0. The fourth-order valence-electron chi connectivity index (χ4n) is 7.64. The molecule has 0 N–H and O–H groups in total. The highest BCUT2D eigenvalue weighted by molar-refractivity contribution is 5.94. The van der Waals surface area contributed by atoms with Crippen LogP contribution in [0, 0.1) is 22.7 Å². The summed E-state index contributed by atoms with van der Waals surface area (Å²) in [5.41, 5.74) is 10.8. The Kier molecular flexibility index (Phi) is 10.5. The van der Waals surface area contributed by atoms with Crippen LogP contribution in [0.15, 0.2) is 218 Å². The molecule has 0 aliphatic rings. The van der Waals surface area contributed by atoms with E-state index in [4.69, 9.17) is 0 Å². The van der Waals surface area contributed by atoms with Crippen LogP contribution >= 0.6 is 0 Å². The van der Waals surface area contributed by atoms with Crippen LogP contribution in [0.4, 0.5) is 34.1 Å². The number of fused-ring (bicyclic) bond motifs is 2. The summed E-state index contributed by atoms with van der Waals surface area (Å²) in [4.78, 5) is 4.46. The van der Waals surface area contributed by atoms with Gasteiger partial charge in [0.2, 0.25) is 0 Å². The lowest BCUT2D eigenvalue weighted by molar-refractivity contribution is 1.29. The van der Waals surface area contributed by atoms with Crippen LogP contribution in [0.25, 0.3) is 44.8 Å². The van der Waals surface area contributed by atoms with E-state index in [0.717, 1.165) is 56.4 Å². The molecule has 60 heavy (non-hydrogen) atoms. The SMILES string of the molecule is N#CC(=Cc1ccc(C=C(C#N)c2ccc(N(c3ccccc3)c3ccc4ccccc4c3)cc2)cc1)c1ccc(N(c2ccccc2)c2ccc3ccccc3c2)cc1. The molecular weight excluding hydrogens is 729 g/mol. The Morgan fingerprint density at radius 1 is 0.317 bits per heavy atom. The highest BCUT2D eigenvalue weighted by Crippen LogP contribution is 2.38. The molecule has 0 fully saturated rings. The zero-order valence-corrected chi connectivity index (χ0v) is 32.7. The van der Waals surface area contributed by atoms with E-state index in [1.54, 1.807) is 0 Å². The zero-order valence-electron chi connectivity index (χ0n) is 32.7. The van der Waals surface area contributed by atoms with Crippen molar-refractivity contribution in [2.24, 2.45) is 0 Å². The zero-order chi connectivity index (χ0) is 40.7. The van der Waals surface area contributed by atoms with Crippen molar-refractivity contribution in [1.29, 1.82) is 10.5 Å². The molecule has 0 bridgehead atoms. The van der Waals surface area contributed by atoms with E-state index in [-0.39, 0.29) is 0 Å². The number of rotatable bonds is 10. The third-order valence-corrected chi connectivity index (χ3v) is 10.7. The molecule has 0 atom stereocenters. The Balaban J connectivity index is 0.946. The van der Waals surface area contributed by atoms with Gasteiger partial charge in [-0.05, 0) is 129 Å². The van der Waals surface area contributed by atoms with Gasteiger partial charge >= 0.3 is 0 Å². The molecule has 4 nitrogen and oxygen atoms in total. The summed E-state index contributed by atoms with van der Waals surface area (Å²) in [7, 11) is 0. The van der Waals surface area contributed by atoms with Gasteiger partial charge in [0.05, 0.1) is 23.3 Å². The molecule has 0 amide bonds. The molecular formula is C56H38N4. The highest BCUT2D eigenvalue weighted by atomic mass is 15.1. The van der Waals surface area contributed by atoms with Crippen molar-refractivity contribution in [2.45, 2.75) is 0 Å². The highest BCUT2D eigenvalue weighted by Gasteiger charge is 2.15. The molecule has 282 valence electrons. The molecule has 0 spiro atoms. The maximum absolute atomic E-state index is 10.3. The van der Waals surface area contributed by atoms with Crippen molar-refractivity contribution >= 4 is 79.0 Å². The lowest BCUT2D eigenvalue weighted by Crippen LogP contribution is -2.09. The second-order valence-corrected chi connectivity index (χ2v) is 14.5. The fraction of sp³-hybridized carbons (Fsp3) is 0. The van der Waals surface area contributed by atoms with Gasteiger partial charge in [0, 0.05) is 34.1 Å². The Labute approximate surface area is 350 Å². The molecule has 0 saturated heterocycles. The number of nitrogens with zero attached hydrogens (tertiary/aromatic N) is 4. The Hall–Kier alpha value is -8.44. The Bertz CT molecular complexity index is 2870. The molecule has 0 heterocycles. The van der Waals surface area contributed by atoms with Gasteiger partial charge in [0.15, 0.2) is 0 Å². The minimum Gasteiger partial charge on any atom is -0.310 e. The van der Waals surface area contributed by atoms with Gasteiger partial charge in [-0.2, -0.15) is 10.5 Å². The number of hydrogen-bond donors (Lipinski definition) is 0. The second-order valence-electron chi connectivity index (χ2n) is 14.5. The standard InChI is InChI=1S/C56H38N4/c57-39-49(45-23-29-53(30-24-45)59(51-15-3-1-4-16-51)55-33-27-43-11-7-9-13-47(43)37-55)35-41-19-21-42(22-20-41)36-50(40-58)46-25-31-54(32-26-46)60(52-17-5-2-6-18-52)56-34-28-44-12-8-10-14-48(44)38-56/h1-38H. The van der Waals surface area contributed by atoms with Gasteiger partial charge < -0.3 is 9.80 Å². The molecule has 0 radical (unpaired) electrons. The minimum absolute atomic E-state index is 0.563. The number of hydrogen-bond acceptors (Lipinski definition) is 4. The fourth-order valence-corrected chi connectivity index (χ4v) is 7.64. The summed E-state index contributed by atoms with van der Waals surface area (Å²) in [6, 6.07) is 79.4. The summed E-state index contributed by atoms with van der Waals surface area (Å²) in [6.45, 7) is 0. The van der Waals surface area contributed by atoms with E-state index in [2.05, 4.69) is 155 Å². The Morgan fingerprint density at radius 3 is 1.00 bits per heavy atom. The van der Waals surface area contributed by atoms with E-state index < -0.39 is 0 Å². The number of allylic oxidation sites excluding steroid dienone is 2. The van der Waals surface area contributed by atoms with E-state index >= 15 is 0 Å². The molecule has 0 unspecified atom stereocenters. The van der Waals surface area contributed by atoms with Gasteiger partial charge in [0.25, 0.3) is 0 Å². The molecule has 9 rings (SSSR count). The first-order valence-electron chi connectivity index (χ1n) is 19.9. The van der Waals surface area contributed by atoms with Crippen LogP contribution < -0.4 is 9.80 Å². The molecule has 0 aliphatic carbocycles. The van der Waals surface area contributed by atoms with E-state index in [1.807, 2.05) is 97.1 Å². The number of para-hydroxylation sites is 2. The summed E-state index contributed by atoms with van der Waals surface area (Å²) >= 11 is 0. The smallest absolute Gasteiger partial charge is 0.0998 e. The van der Waals surface area contributed by atoms with E-state index in [1.165, 1.54) is 21.5 Å². The molecule has 4 heteroatoms. The second kappa shape index (κ2) is 17.0. The van der Waals surface area contributed by atoms with E-state index in [9.17, 15) is 10.5 Å². The van der Waals surface area contributed by atoms with Crippen molar-refractivity contribution < 1.29 is 0 Å². The molecule has 0 saturated carbocycles. The van der Waals surface area contributed by atoms with Crippen LogP contribution in [0.3, 0.4) is 0 Å². The average molecular weight is 767 g/mol. The first kappa shape index (κ1) is 37.2. The van der Waals surface area contributed by atoms with Crippen LogP contribution in [0.2, 0.25) is 0 Å². The molecule has 9 aromatic carbocycles. The summed E-state index contributed by atoms with van der Waals surface area (Å²) in [5, 5.41) is 25.2. The van der Waals surface area contributed by atoms with Crippen molar-refractivity contribution in [3.63, 3.8) is 0 Å². The van der Waals surface area contributed by atoms with Crippen molar-refractivity contribution in [3.05, 3.63) is 241 Å². The molecule has 9 aromatic rings. The lowest BCUT2D eigenvalue weighted by atomic mass is 10.0. The van der Waals surface area contributed by atoms with Gasteiger partial charge in [-0.25, -0.2) is 0 Å². The number of nitriles is 2. The van der Waals surface area contributed by atoms with Crippen LogP contribution in [-0.4, -0.2) is 0 Å². The van der Waals surface area contributed by atoms with Crippen LogP contribution in [0.1, 0.15) is 22.3 Å². The average Bonchev–Trinajstić information content (AvgIpc) is 3.32. The van der Waals surface area contributed by atoms with Gasteiger partial charge in [0.1, 0.15) is 0 Å².